The predicted octanol–water partition coefficient (Wildman–Crippen LogP) is 5.39. The molecule has 0 fully saturated rings. The number of methoxy groups -OCH3 is 1. The topological polar surface area (TPSA) is 64.6 Å². The van der Waals surface area contributed by atoms with Crippen molar-refractivity contribution in [3.8, 4) is 16.9 Å². The molecule has 0 aliphatic rings. The van der Waals surface area contributed by atoms with Crippen molar-refractivity contribution in [1.29, 1.82) is 0 Å². The maximum atomic E-state index is 13.3. The smallest absolute Gasteiger partial charge is 0.341 e. The summed E-state index contributed by atoms with van der Waals surface area (Å²) < 4.78 is 23.7. The Morgan fingerprint density at radius 1 is 1.13 bits per heavy atom. The van der Waals surface area contributed by atoms with Crippen LogP contribution in [0.2, 0.25) is 0 Å². The van der Waals surface area contributed by atoms with E-state index in [0.717, 1.165) is 5.56 Å². The predicted molar refractivity (Wildman–Crippen MR) is 116 cm³/mol. The molecule has 0 bridgehead atoms. The molecule has 7 heteroatoms. The Labute approximate surface area is 177 Å². The zero-order valence-corrected chi connectivity index (χ0v) is 17.3. The Morgan fingerprint density at radius 2 is 1.87 bits per heavy atom. The first-order valence-corrected chi connectivity index (χ1v) is 10.1. The van der Waals surface area contributed by atoms with Crippen LogP contribution in [0.3, 0.4) is 0 Å². The molecule has 5 nitrogen and oxygen atoms in total. The van der Waals surface area contributed by atoms with E-state index in [2.05, 4.69) is 5.32 Å². The van der Waals surface area contributed by atoms with Gasteiger partial charge in [0.1, 0.15) is 22.1 Å². The minimum Gasteiger partial charge on any atom is -0.496 e. The molecule has 30 heavy (non-hydrogen) atoms. The standard InChI is InChI=1S/C23H20FNO4S/c1-3-29-23(27)21-18(15-8-11-17(24)12-9-15)14-30-22(21)25-20(26)13-10-16-6-4-5-7-19(16)28-2/h4-14H,3H2,1-2H3,(H,25,26)/b13-10+. The average molecular weight is 425 g/mol. The van der Waals surface area contributed by atoms with Crippen LogP contribution in [-0.4, -0.2) is 25.6 Å². The maximum absolute atomic E-state index is 13.3. The number of hydrogen-bond acceptors (Lipinski definition) is 5. The first-order valence-electron chi connectivity index (χ1n) is 9.20. The van der Waals surface area contributed by atoms with Crippen molar-refractivity contribution in [2.45, 2.75) is 6.92 Å². The van der Waals surface area contributed by atoms with Crippen molar-refractivity contribution in [1.82, 2.24) is 0 Å². The van der Waals surface area contributed by atoms with Crippen LogP contribution in [0.4, 0.5) is 9.39 Å². The summed E-state index contributed by atoms with van der Waals surface area (Å²) in [6, 6.07) is 13.1. The van der Waals surface area contributed by atoms with E-state index in [-0.39, 0.29) is 18.0 Å². The van der Waals surface area contributed by atoms with Gasteiger partial charge in [-0.1, -0.05) is 30.3 Å². The van der Waals surface area contributed by atoms with Crippen molar-refractivity contribution in [2.24, 2.45) is 0 Å². The van der Waals surface area contributed by atoms with Gasteiger partial charge in [0.15, 0.2) is 0 Å². The fourth-order valence-electron chi connectivity index (χ4n) is 2.82. The summed E-state index contributed by atoms with van der Waals surface area (Å²) in [6.45, 7) is 1.90. The zero-order chi connectivity index (χ0) is 21.5. The highest BCUT2D eigenvalue weighted by atomic mass is 32.1. The number of carbonyl (C=O) groups is 2. The van der Waals surface area contributed by atoms with Crippen LogP contribution in [0.1, 0.15) is 22.8 Å². The van der Waals surface area contributed by atoms with E-state index in [1.165, 1.54) is 29.5 Å². The molecule has 0 radical (unpaired) electrons. The van der Waals surface area contributed by atoms with E-state index < -0.39 is 11.9 Å². The van der Waals surface area contributed by atoms with Crippen molar-refractivity contribution in [2.75, 3.05) is 19.0 Å². The summed E-state index contributed by atoms with van der Waals surface area (Å²) in [5.74, 6) is -0.689. The van der Waals surface area contributed by atoms with Gasteiger partial charge in [-0.25, -0.2) is 9.18 Å². The number of anilines is 1. The summed E-state index contributed by atoms with van der Waals surface area (Å²) in [5, 5.41) is 4.83. The second kappa shape index (κ2) is 9.84. The van der Waals surface area contributed by atoms with Crippen LogP contribution in [0.5, 0.6) is 5.75 Å². The first kappa shape index (κ1) is 21.3. The normalized spacial score (nSPS) is 10.8. The summed E-state index contributed by atoms with van der Waals surface area (Å²) in [4.78, 5) is 25.0. The van der Waals surface area contributed by atoms with E-state index in [1.807, 2.05) is 18.2 Å². The molecule has 0 saturated carbocycles. The molecule has 1 heterocycles. The minimum atomic E-state index is -0.554. The Morgan fingerprint density at radius 3 is 2.57 bits per heavy atom. The molecule has 154 valence electrons. The van der Waals surface area contributed by atoms with E-state index in [9.17, 15) is 14.0 Å². The monoisotopic (exact) mass is 425 g/mol. The number of benzene rings is 2. The van der Waals surface area contributed by atoms with Gasteiger partial charge in [0.25, 0.3) is 0 Å². The highest BCUT2D eigenvalue weighted by Gasteiger charge is 2.22. The highest BCUT2D eigenvalue weighted by molar-refractivity contribution is 7.15. The lowest BCUT2D eigenvalue weighted by Crippen LogP contribution is -2.12. The lowest BCUT2D eigenvalue weighted by Gasteiger charge is -2.08. The van der Waals surface area contributed by atoms with E-state index in [0.29, 0.717) is 21.9 Å². The third-order valence-electron chi connectivity index (χ3n) is 4.22. The van der Waals surface area contributed by atoms with Gasteiger partial charge in [-0.3, -0.25) is 4.79 Å². The van der Waals surface area contributed by atoms with Crippen molar-refractivity contribution in [3.63, 3.8) is 0 Å². The number of esters is 1. The Balaban J connectivity index is 1.88. The highest BCUT2D eigenvalue weighted by Crippen LogP contribution is 2.36. The van der Waals surface area contributed by atoms with Gasteiger partial charge < -0.3 is 14.8 Å². The summed E-state index contributed by atoms with van der Waals surface area (Å²) in [6.07, 6.45) is 3.00. The molecule has 1 aromatic heterocycles. The molecule has 0 saturated heterocycles. The van der Waals surface area contributed by atoms with E-state index in [4.69, 9.17) is 9.47 Å². The fourth-order valence-corrected chi connectivity index (χ4v) is 3.78. The molecule has 0 aliphatic carbocycles. The average Bonchev–Trinajstić information content (AvgIpc) is 3.16. The third-order valence-corrected chi connectivity index (χ3v) is 5.11. The minimum absolute atomic E-state index is 0.193. The van der Waals surface area contributed by atoms with Gasteiger partial charge >= 0.3 is 5.97 Å². The molecule has 0 unspecified atom stereocenters. The maximum Gasteiger partial charge on any atom is 0.341 e. The number of rotatable bonds is 7. The quantitative estimate of drug-likeness (QED) is 0.407. The van der Waals surface area contributed by atoms with Crippen LogP contribution in [-0.2, 0) is 9.53 Å². The van der Waals surface area contributed by atoms with Gasteiger partial charge in [0.2, 0.25) is 5.91 Å². The van der Waals surface area contributed by atoms with Crippen LogP contribution in [0.25, 0.3) is 17.2 Å². The largest absolute Gasteiger partial charge is 0.496 e. The Kier molecular flexibility index (Phi) is 6.98. The molecule has 3 aromatic rings. The lowest BCUT2D eigenvalue weighted by atomic mass is 10.0. The van der Waals surface area contributed by atoms with E-state index >= 15 is 0 Å². The third kappa shape index (κ3) is 4.93. The lowest BCUT2D eigenvalue weighted by molar-refractivity contribution is -0.111. The molecule has 1 amide bonds. The molecule has 1 N–H and O–H groups in total. The number of para-hydroxylation sites is 1. The van der Waals surface area contributed by atoms with Crippen LogP contribution in [0, 0.1) is 5.82 Å². The Bertz CT molecular complexity index is 1070. The zero-order valence-electron chi connectivity index (χ0n) is 16.5. The number of ether oxygens (including phenoxy) is 2. The molecule has 2 aromatic carbocycles. The molecule has 3 rings (SSSR count). The van der Waals surface area contributed by atoms with Crippen molar-refractivity contribution < 1.29 is 23.5 Å². The second-order valence-corrected chi connectivity index (χ2v) is 7.03. The Hall–Kier alpha value is -3.45. The number of nitrogens with one attached hydrogen (secondary N) is 1. The fraction of sp³-hybridized carbons (Fsp3) is 0.130. The van der Waals surface area contributed by atoms with Gasteiger partial charge in [0, 0.05) is 22.6 Å². The summed E-state index contributed by atoms with van der Waals surface area (Å²) >= 11 is 1.20. The molecular weight excluding hydrogens is 405 g/mol. The van der Waals surface area contributed by atoms with Gasteiger partial charge in [-0.2, -0.15) is 0 Å². The van der Waals surface area contributed by atoms with Crippen LogP contribution >= 0.6 is 11.3 Å². The first-order chi connectivity index (χ1) is 14.5. The second-order valence-electron chi connectivity index (χ2n) is 6.15. The van der Waals surface area contributed by atoms with Gasteiger partial charge in [-0.15, -0.1) is 11.3 Å². The van der Waals surface area contributed by atoms with Crippen molar-refractivity contribution in [3.05, 3.63) is 76.9 Å². The summed E-state index contributed by atoms with van der Waals surface area (Å²) in [5.41, 5.74) is 2.22. The van der Waals surface area contributed by atoms with Gasteiger partial charge in [0.05, 0.1) is 13.7 Å². The molecule has 0 atom stereocenters. The van der Waals surface area contributed by atoms with Crippen LogP contribution < -0.4 is 10.1 Å². The SMILES string of the molecule is CCOC(=O)c1c(-c2ccc(F)cc2)csc1NC(=O)/C=C/c1ccccc1OC. The number of carbonyl (C=O) groups excluding carboxylic acids is 2. The molecular formula is C23H20FNO4S. The molecule has 0 aliphatic heterocycles. The number of hydrogen-bond donors (Lipinski definition) is 1. The number of thiophene rings is 1. The summed E-state index contributed by atoms with van der Waals surface area (Å²) in [7, 11) is 1.56. The number of halogens is 1. The van der Waals surface area contributed by atoms with Crippen LogP contribution in [0.15, 0.2) is 60.0 Å². The van der Waals surface area contributed by atoms with Crippen molar-refractivity contribution >= 4 is 34.3 Å². The van der Waals surface area contributed by atoms with Gasteiger partial charge in [-0.05, 0) is 36.8 Å². The van der Waals surface area contributed by atoms with E-state index in [1.54, 1.807) is 43.7 Å². The number of amides is 1. The molecule has 0 spiro atoms.